The summed E-state index contributed by atoms with van der Waals surface area (Å²) in [6.07, 6.45) is 2.66. The zero-order chi connectivity index (χ0) is 13.8. The van der Waals surface area contributed by atoms with Crippen LogP contribution in [0.15, 0.2) is 4.99 Å². The van der Waals surface area contributed by atoms with Crippen molar-refractivity contribution in [2.24, 2.45) is 22.7 Å². The average Bonchev–Trinajstić information content (AvgIpc) is 3.02. The Morgan fingerprint density at radius 3 is 2.25 bits per heavy atom. The fourth-order valence-corrected chi connectivity index (χ4v) is 3.20. The van der Waals surface area contributed by atoms with E-state index in [0.717, 1.165) is 36.8 Å². The van der Waals surface area contributed by atoms with Crippen LogP contribution < -0.4 is 10.6 Å². The smallest absolute Gasteiger partial charge is 0.191 e. The summed E-state index contributed by atoms with van der Waals surface area (Å²) in [7, 11) is 1.85. The molecule has 4 unspecified atom stereocenters. The lowest BCUT2D eigenvalue weighted by Crippen LogP contribution is -2.45. The molecule has 5 heteroatoms. The summed E-state index contributed by atoms with van der Waals surface area (Å²) in [6, 6.07) is 0.640. The number of halogens is 1. The summed E-state index contributed by atoms with van der Waals surface area (Å²) in [5.74, 6) is 3.46. The van der Waals surface area contributed by atoms with Gasteiger partial charge in [-0.2, -0.15) is 0 Å². The van der Waals surface area contributed by atoms with Crippen molar-refractivity contribution < 1.29 is 0 Å². The molecule has 1 aliphatic carbocycles. The lowest BCUT2D eigenvalue weighted by atomic mass is 9.92. The molecule has 0 bridgehead atoms. The SMILES string of the molecule is CN=C(NCCN1CC(C)CC(C)C1)NC1CC1C.I. The highest BCUT2D eigenvalue weighted by Gasteiger charge is 2.33. The first-order valence-corrected chi connectivity index (χ1v) is 7.78. The second kappa shape index (κ2) is 8.41. The summed E-state index contributed by atoms with van der Waals surface area (Å²) in [5.41, 5.74) is 0. The molecule has 1 aliphatic heterocycles. The Bertz CT molecular complexity index is 311. The molecule has 1 heterocycles. The van der Waals surface area contributed by atoms with Crippen molar-refractivity contribution >= 4 is 29.9 Å². The van der Waals surface area contributed by atoms with E-state index in [9.17, 15) is 0 Å². The maximum absolute atomic E-state index is 4.29. The number of hydrogen-bond acceptors (Lipinski definition) is 2. The third kappa shape index (κ3) is 5.76. The first kappa shape index (κ1) is 18.0. The predicted octanol–water partition coefficient (Wildman–Crippen LogP) is 2.16. The molecule has 0 aromatic rings. The van der Waals surface area contributed by atoms with Crippen molar-refractivity contribution in [1.82, 2.24) is 15.5 Å². The van der Waals surface area contributed by atoms with Gasteiger partial charge in [-0.15, -0.1) is 24.0 Å². The zero-order valence-electron chi connectivity index (χ0n) is 13.4. The molecular formula is C15H31IN4. The average molecular weight is 394 g/mol. The largest absolute Gasteiger partial charge is 0.355 e. The fourth-order valence-electron chi connectivity index (χ4n) is 3.20. The quantitative estimate of drug-likeness (QED) is 0.436. The lowest BCUT2D eigenvalue weighted by Gasteiger charge is -2.35. The number of aliphatic imine (C=N–C) groups is 1. The van der Waals surface area contributed by atoms with Crippen molar-refractivity contribution in [1.29, 1.82) is 0 Å². The molecule has 0 radical (unpaired) electrons. The van der Waals surface area contributed by atoms with Crippen LogP contribution >= 0.6 is 24.0 Å². The first-order chi connectivity index (χ1) is 9.08. The van der Waals surface area contributed by atoms with Crippen LogP contribution in [0.4, 0.5) is 0 Å². The molecular weight excluding hydrogens is 363 g/mol. The molecule has 4 atom stereocenters. The highest BCUT2D eigenvalue weighted by atomic mass is 127. The number of guanidine groups is 1. The monoisotopic (exact) mass is 394 g/mol. The van der Waals surface area contributed by atoms with Crippen molar-refractivity contribution in [2.45, 2.75) is 39.7 Å². The second-order valence-electron chi connectivity index (χ2n) is 6.67. The van der Waals surface area contributed by atoms with E-state index in [0.29, 0.717) is 6.04 Å². The van der Waals surface area contributed by atoms with Gasteiger partial charge in [0.05, 0.1) is 0 Å². The summed E-state index contributed by atoms with van der Waals surface area (Å²) < 4.78 is 0. The summed E-state index contributed by atoms with van der Waals surface area (Å²) >= 11 is 0. The Morgan fingerprint density at radius 1 is 1.15 bits per heavy atom. The van der Waals surface area contributed by atoms with Crippen LogP contribution in [0.1, 0.15) is 33.6 Å². The Morgan fingerprint density at radius 2 is 1.75 bits per heavy atom. The maximum atomic E-state index is 4.29. The normalized spacial score (nSPS) is 34.3. The zero-order valence-corrected chi connectivity index (χ0v) is 15.7. The molecule has 0 aromatic heterocycles. The van der Waals surface area contributed by atoms with E-state index >= 15 is 0 Å². The number of likely N-dealkylation sites (tertiary alicyclic amines) is 1. The van der Waals surface area contributed by atoms with Gasteiger partial charge in [-0.05, 0) is 30.6 Å². The van der Waals surface area contributed by atoms with Gasteiger partial charge in [-0.3, -0.25) is 4.99 Å². The van der Waals surface area contributed by atoms with Crippen LogP contribution in [0.3, 0.4) is 0 Å². The molecule has 20 heavy (non-hydrogen) atoms. The van der Waals surface area contributed by atoms with Gasteiger partial charge < -0.3 is 15.5 Å². The Hall–Kier alpha value is -0.0400. The highest BCUT2D eigenvalue weighted by molar-refractivity contribution is 14.0. The minimum absolute atomic E-state index is 0. The van der Waals surface area contributed by atoms with E-state index in [4.69, 9.17) is 0 Å². The molecule has 118 valence electrons. The van der Waals surface area contributed by atoms with Gasteiger partial charge in [-0.1, -0.05) is 20.8 Å². The van der Waals surface area contributed by atoms with E-state index in [-0.39, 0.29) is 24.0 Å². The van der Waals surface area contributed by atoms with E-state index in [1.807, 2.05) is 7.05 Å². The molecule has 0 amide bonds. The Balaban J connectivity index is 0.00000200. The second-order valence-corrected chi connectivity index (χ2v) is 6.67. The van der Waals surface area contributed by atoms with Gasteiger partial charge in [0, 0.05) is 39.3 Å². The van der Waals surface area contributed by atoms with Crippen LogP contribution in [-0.4, -0.2) is 50.1 Å². The minimum atomic E-state index is 0. The molecule has 1 saturated carbocycles. The van der Waals surface area contributed by atoms with Crippen LogP contribution in [0.2, 0.25) is 0 Å². The number of nitrogens with one attached hydrogen (secondary N) is 2. The van der Waals surface area contributed by atoms with Crippen LogP contribution in [0.5, 0.6) is 0 Å². The molecule has 1 saturated heterocycles. The van der Waals surface area contributed by atoms with Gasteiger partial charge in [0.1, 0.15) is 0 Å². The number of rotatable bonds is 4. The maximum Gasteiger partial charge on any atom is 0.191 e. The van der Waals surface area contributed by atoms with Gasteiger partial charge in [0.2, 0.25) is 0 Å². The number of hydrogen-bond donors (Lipinski definition) is 2. The van der Waals surface area contributed by atoms with Crippen molar-refractivity contribution in [3.05, 3.63) is 0 Å². The fraction of sp³-hybridized carbons (Fsp3) is 0.933. The van der Waals surface area contributed by atoms with E-state index in [1.165, 1.54) is 25.9 Å². The lowest BCUT2D eigenvalue weighted by molar-refractivity contribution is 0.143. The van der Waals surface area contributed by atoms with Crippen LogP contribution in [-0.2, 0) is 0 Å². The van der Waals surface area contributed by atoms with Crippen molar-refractivity contribution in [2.75, 3.05) is 33.2 Å². The molecule has 2 rings (SSSR count). The summed E-state index contributed by atoms with van der Waals surface area (Å²) in [6.45, 7) is 11.6. The highest BCUT2D eigenvalue weighted by Crippen LogP contribution is 2.28. The third-order valence-electron chi connectivity index (χ3n) is 4.32. The first-order valence-electron chi connectivity index (χ1n) is 7.78. The standard InChI is InChI=1S/C15H30N4.HI/c1-11-7-12(2)10-19(9-11)6-5-17-15(16-4)18-14-8-13(14)3;/h11-14H,5-10H2,1-4H3,(H2,16,17,18);1H. The van der Waals surface area contributed by atoms with E-state index < -0.39 is 0 Å². The van der Waals surface area contributed by atoms with Crippen LogP contribution in [0.25, 0.3) is 0 Å². The Labute approximate surface area is 141 Å². The van der Waals surface area contributed by atoms with Crippen molar-refractivity contribution in [3.63, 3.8) is 0 Å². The summed E-state index contributed by atoms with van der Waals surface area (Å²) in [5, 5.41) is 6.90. The Kier molecular flexibility index (Phi) is 7.58. The number of nitrogens with zero attached hydrogens (tertiary/aromatic N) is 2. The van der Waals surface area contributed by atoms with E-state index in [2.05, 4.69) is 41.3 Å². The van der Waals surface area contributed by atoms with Gasteiger partial charge >= 0.3 is 0 Å². The number of piperidine rings is 1. The summed E-state index contributed by atoms with van der Waals surface area (Å²) in [4.78, 5) is 6.87. The van der Waals surface area contributed by atoms with E-state index in [1.54, 1.807) is 0 Å². The van der Waals surface area contributed by atoms with Gasteiger partial charge in [-0.25, -0.2) is 0 Å². The molecule has 2 fully saturated rings. The molecule has 0 spiro atoms. The van der Waals surface area contributed by atoms with Gasteiger partial charge in [0.25, 0.3) is 0 Å². The van der Waals surface area contributed by atoms with Crippen molar-refractivity contribution in [3.8, 4) is 0 Å². The van der Waals surface area contributed by atoms with Gasteiger partial charge in [0.15, 0.2) is 5.96 Å². The molecule has 4 nitrogen and oxygen atoms in total. The predicted molar refractivity (Wildman–Crippen MR) is 96.9 cm³/mol. The molecule has 2 aliphatic rings. The molecule has 0 aromatic carbocycles. The topological polar surface area (TPSA) is 39.7 Å². The molecule has 2 N–H and O–H groups in total. The third-order valence-corrected chi connectivity index (χ3v) is 4.32. The van der Waals surface area contributed by atoms with Crippen LogP contribution in [0, 0.1) is 17.8 Å². The minimum Gasteiger partial charge on any atom is -0.355 e.